The molecule has 0 radical (unpaired) electrons. The molecule has 2 rings (SSSR count). The average molecular weight is 147 g/mol. The van der Waals surface area contributed by atoms with Gasteiger partial charge in [-0.25, -0.2) is 0 Å². The fraction of sp³-hybridized carbons (Fsp3) is 0.250. The van der Waals surface area contributed by atoms with Crippen LogP contribution in [0.25, 0.3) is 5.52 Å². The van der Waals surface area contributed by atoms with Gasteiger partial charge >= 0.3 is 0 Å². The normalized spacial score (nSPS) is 10.7. The van der Waals surface area contributed by atoms with Crippen LogP contribution in [0, 0.1) is 13.8 Å². The van der Waals surface area contributed by atoms with Gasteiger partial charge in [-0.1, -0.05) is 0 Å². The quantitative estimate of drug-likeness (QED) is 0.563. The lowest BCUT2D eigenvalue weighted by molar-refractivity contribution is 0.770. The average Bonchev–Trinajstić information content (AvgIpc) is 2.27. The summed E-state index contributed by atoms with van der Waals surface area (Å²) in [6.07, 6.45) is 0. The van der Waals surface area contributed by atoms with Crippen LogP contribution in [-0.4, -0.2) is 14.8 Å². The number of rotatable bonds is 0. The summed E-state index contributed by atoms with van der Waals surface area (Å²) in [5.74, 6) is 0. The third-order valence-corrected chi connectivity index (χ3v) is 1.59. The Kier molecular flexibility index (Phi) is 1.18. The van der Waals surface area contributed by atoms with Gasteiger partial charge in [-0.15, -0.1) is 0 Å². The Morgan fingerprint density at radius 3 is 2.64 bits per heavy atom. The van der Waals surface area contributed by atoms with E-state index < -0.39 is 0 Å². The van der Waals surface area contributed by atoms with Gasteiger partial charge in [0.25, 0.3) is 0 Å². The first kappa shape index (κ1) is 6.34. The zero-order chi connectivity index (χ0) is 7.84. The molecule has 0 aliphatic carbocycles. The summed E-state index contributed by atoms with van der Waals surface area (Å²) in [4.78, 5) is 0. The van der Waals surface area contributed by atoms with E-state index in [2.05, 4.69) is 10.2 Å². The van der Waals surface area contributed by atoms with Crippen molar-refractivity contribution in [2.24, 2.45) is 0 Å². The van der Waals surface area contributed by atoms with Crippen molar-refractivity contribution < 1.29 is 0 Å². The second-order valence-electron chi connectivity index (χ2n) is 2.67. The molecule has 3 heteroatoms. The summed E-state index contributed by atoms with van der Waals surface area (Å²) in [5.41, 5.74) is 3.04. The summed E-state index contributed by atoms with van der Waals surface area (Å²) >= 11 is 0. The molecule has 0 fully saturated rings. The van der Waals surface area contributed by atoms with Crippen molar-refractivity contribution in [3.05, 3.63) is 29.6 Å². The number of fused-ring (bicyclic) bond motifs is 1. The van der Waals surface area contributed by atoms with Crippen LogP contribution >= 0.6 is 0 Å². The molecule has 0 saturated heterocycles. The van der Waals surface area contributed by atoms with Crippen molar-refractivity contribution in [1.29, 1.82) is 0 Å². The molecule has 0 aromatic carbocycles. The second-order valence-corrected chi connectivity index (χ2v) is 2.67. The van der Waals surface area contributed by atoms with Crippen molar-refractivity contribution in [2.75, 3.05) is 0 Å². The second kappa shape index (κ2) is 2.05. The summed E-state index contributed by atoms with van der Waals surface area (Å²) < 4.78 is 1.66. The van der Waals surface area contributed by atoms with Crippen molar-refractivity contribution in [3.8, 4) is 0 Å². The Morgan fingerprint density at radius 1 is 1.09 bits per heavy atom. The minimum atomic E-state index is 0.987. The monoisotopic (exact) mass is 147 g/mol. The van der Waals surface area contributed by atoms with Gasteiger partial charge in [0, 0.05) is 0 Å². The van der Waals surface area contributed by atoms with Crippen LogP contribution < -0.4 is 0 Å². The van der Waals surface area contributed by atoms with Gasteiger partial charge in [0.1, 0.15) is 0 Å². The maximum Gasteiger partial charge on any atom is 0.0876 e. The Morgan fingerprint density at radius 2 is 1.82 bits per heavy atom. The summed E-state index contributed by atoms with van der Waals surface area (Å²) in [5, 5.41) is 8.38. The van der Waals surface area contributed by atoms with Gasteiger partial charge in [0.05, 0.1) is 16.9 Å². The fourth-order valence-electron chi connectivity index (χ4n) is 1.09. The van der Waals surface area contributed by atoms with Crippen LogP contribution in [0.15, 0.2) is 18.2 Å². The van der Waals surface area contributed by atoms with Crippen LogP contribution in [0.4, 0.5) is 0 Å². The molecule has 0 bridgehead atoms. The van der Waals surface area contributed by atoms with Crippen molar-refractivity contribution in [3.63, 3.8) is 0 Å². The third-order valence-electron chi connectivity index (χ3n) is 1.59. The van der Waals surface area contributed by atoms with Crippen molar-refractivity contribution >= 4 is 5.52 Å². The molecular weight excluding hydrogens is 138 g/mol. The van der Waals surface area contributed by atoms with E-state index in [4.69, 9.17) is 0 Å². The van der Waals surface area contributed by atoms with Gasteiger partial charge in [0.15, 0.2) is 0 Å². The lowest BCUT2D eigenvalue weighted by atomic mass is 10.3. The largest absolute Gasteiger partial charge is 0.155 e. The van der Waals surface area contributed by atoms with Crippen LogP contribution in [0.2, 0.25) is 0 Å². The molecule has 2 aromatic rings. The fourth-order valence-corrected chi connectivity index (χ4v) is 1.09. The maximum absolute atomic E-state index is 4.20. The molecule has 0 saturated carbocycles. The van der Waals surface area contributed by atoms with E-state index in [1.807, 2.05) is 32.0 Å². The molecule has 0 aliphatic heterocycles. The predicted molar refractivity (Wildman–Crippen MR) is 42.5 cm³/mol. The lowest BCUT2D eigenvalue weighted by Crippen LogP contribution is -1.94. The number of aromatic nitrogens is 3. The van der Waals surface area contributed by atoms with E-state index in [0.29, 0.717) is 0 Å². The van der Waals surface area contributed by atoms with Gasteiger partial charge in [-0.3, -0.25) is 0 Å². The Labute approximate surface area is 64.7 Å². The van der Waals surface area contributed by atoms with E-state index in [1.165, 1.54) is 0 Å². The Bertz CT molecular complexity index is 389. The molecule has 2 heterocycles. The summed E-state index contributed by atoms with van der Waals surface area (Å²) in [6, 6.07) is 6.01. The molecular formula is C8H9N3. The van der Waals surface area contributed by atoms with Crippen molar-refractivity contribution in [2.45, 2.75) is 13.8 Å². The first-order chi connectivity index (χ1) is 5.25. The molecule has 2 aromatic heterocycles. The number of nitrogens with zero attached hydrogens (tertiary/aromatic N) is 3. The zero-order valence-electron chi connectivity index (χ0n) is 6.57. The van der Waals surface area contributed by atoms with Gasteiger partial charge in [-0.2, -0.15) is 14.8 Å². The van der Waals surface area contributed by atoms with Gasteiger partial charge in [-0.05, 0) is 32.0 Å². The molecule has 0 spiro atoms. The molecule has 0 N–H and O–H groups in total. The standard InChI is InChI=1S/C8H9N3/c1-6-3-4-8-5-7(2)10-11(8)9-6/h3-5H,1-2H3. The first-order valence-corrected chi connectivity index (χ1v) is 3.56. The molecule has 0 amide bonds. The highest BCUT2D eigenvalue weighted by atomic mass is 15.4. The third kappa shape index (κ3) is 0.981. The Hall–Kier alpha value is -1.38. The maximum atomic E-state index is 4.20. The van der Waals surface area contributed by atoms with Gasteiger partial charge in [0.2, 0.25) is 0 Å². The highest BCUT2D eigenvalue weighted by Crippen LogP contribution is 2.03. The van der Waals surface area contributed by atoms with E-state index in [9.17, 15) is 0 Å². The molecule has 0 atom stereocenters. The predicted octanol–water partition coefficient (Wildman–Crippen LogP) is 1.35. The number of hydrogen-bond acceptors (Lipinski definition) is 2. The highest BCUT2D eigenvalue weighted by molar-refractivity contribution is 5.45. The van der Waals surface area contributed by atoms with Gasteiger partial charge < -0.3 is 0 Å². The van der Waals surface area contributed by atoms with E-state index in [0.717, 1.165) is 16.9 Å². The number of hydrogen-bond donors (Lipinski definition) is 0. The SMILES string of the molecule is Cc1ccc2cc(C)nn2n1. The topological polar surface area (TPSA) is 30.2 Å². The minimum absolute atomic E-state index is 0.987. The Balaban J connectivity index is 2.82. The smallest absolute Gasteiger partial charge is 0.0876 e. The zero-order valence-corrected chi connectivity index (χ0v) is 6.57. The first-order valence-electron chi connectivity index (χ1n) is 3.56. The lowest BCUT2D eigenvalue weighted by Gasteiger charge is -1.91. The summed E-state index contributed by atoms with van der Waals surface area (Å²) in [6.45, 7) is 3.92. The van der Waals surface area contributed by atoms with Crippen LogP contribution in [-0.2, 0) is 0 Å². The van der Waals surface area contributed by atoms with Crippen LogP contribution in [0.3, 0.4) is 0 Å². The molecule has 0 unspecified atom stereocenters. The minimum Gasteiger partial charge on any atom is -0.155 e. The van der Waals surface area contributed by atoms with E-state index in [-0.39, 0.29) is 0 Å². The van der Waals surface area contributed by atoms with Crippen molar-refractivity contribution in [1.82, 2.24) is 14.8 Å². The van der Waals surface area contributed by atoms with E-state index >= 15 is 0 Å². The molecule has 56 valence electrons. The molecule has 3 nitrogen and oxygen atoms in total. The van der Waals surface area contributed by atoms with E-state index in [1.54, 1.807) is 4.63 Å². The number of aryl methyl sites for hydroxylation is 2. The highest BCUT2D eigenvalue weighted by Gasteiger charge is 1.96. The molecule has 11 heavy (non-hydrogen) atoms. The van der Waals surface area contributed by atoms with Crippen LogP contribution in [0.1, 0.15) is 11.4 Å². The van der Waals surface area contributed by atoms with Crippen LogP contribution in [0.5, 0.6) is 0 Å². The summed E-state index contributed by atoms with van der Waals surface area (Å²) in [7, 11) is 0. The molecule has 0 aliphatic rings.